The van der Waals surface area contributed by atoms with E-state index < -0.39 is 6.10 Å². The lowest BCUT2D eigenvalue weighted by Gasteiger charge is -2.13. The molecular weight excluding hydrogens is 282 g/mol. The average Bonchev–Trinajstić information content (AvgIpc) is 2.44. The highest BCUT2D eigenvalue weighted by molar-refractivity contribution is 6.31. The Bertz CT molecular complexity index is 439. The molecule has 0 heterocycles. The highest BCUT2D eigenvalue weighted by Crippen LogP contribution is 2.20. The van der Waals surface area contributed by atoms with Gasteiger partial charge in [-0.3, -0.25) is 4.79 Å². The first-order valence-electron chi connectivity index (χ1n) is 6.37. The summed E-state index contributed by atoms with van der Waals surface area (Å²) in [5.74, 6) is 0.389. The van der Waals surface area contributed by atoms with Crippen LogP contribution in [0.4, 0.5) is 0 Å². The van der Waals surface area contributed by atoms with E-state index in [1.807, 2.05) is 13.0 Å². The fraction of sp³-hybridized carbons (Fsp3) is 0.500. The quantitative estimate of drug-likeness (QED) is 0.563. The van der Waals surface area contributed by atoms with Gasteiger partial charge in [0.2, 0.25) is 0 Å². The van der Waals surface area contributed by atoms with Crippen LogP contribution >= 0.6 is 11.6 Å². The maximum absolute atomic E-state index is 10.9. The molecule has 6 heteroatoms. The molecule has 1 rings (SSSR count). The van der Waals surface area contributed by atoms with Crippen molar-refractivity contribution in [3.63, 3.8) is 0 Å². The second-order valence-corrected chi connectivity index (χ2v) is 4.81. The van der Waals surface area contributed by atoms with Crippen LogP contribution in [-0.2, 0) is 9.53 Å². The number of aliphatic hydroxyl groups is 1. The maximum atomic E-state index is 10.9. The van der Waals surface area contributed by atoms with Gasteiger partial charge in [-0.1, -0.05) is 11.6 Å². The molecule has 0 fully saturated rings. The molecule has 1 aromatic carbocycles. The molecule has 5 nitrogen and oxygen atoms in total. The molecule has 112 valence electrons. The number of halogens is 1. The number of benzene rings is 1. The Balaban J connectivity index is 2.20. The normalized spacial score (nSPS) is 12.0. The molecule has 0 aliphatic heterocycles. The number of carbonyl (C=O) groups excluding carboxylic acids is 1. The number of ether oxygens (including phenoxy) is 2. The molecule has 0 saturated heterocycles. The number of methoxy groups -OCH3 is 1. The predicted octanol–water partition coefficient (Wildman–Crippen LogP) is 1.54. The number of hydrogen-bond donors (Lipinski definition) is 2. The van der Waals surface area contributed by atoms with Gasteiger partial charge in [0.1, 0.15) is 18.5 Å². The summed E-state index contributed by atoms with van der Waals surface area (Å²) in [4.78, 5) is 10.9. The van der Waals surface area contributed by atoms with E-state index in [1.54, 1.807) is 12.1 Å². The van der Waals surface area contributed by atoms with Crippen LogP contribution in [0.25, 0.3) is 0 Å². The van der Waals surface area contributed by atoms with Gasteiger partial charge in [-0.2, -0.15) is 0 Å². The minimum Gasteiger partial charge on any atom is -0.491 e. The highest BCUT2D eigenvalue weighted by atomic mass is 35.5. The molecule has 20 heavy (non-hydrogen) atoms. The lowest BCUT2D eigenvalue weighted by molar-refractivity contribution is -0.140. The van der Waals surface area contributed by atoms with Crippen LogP contribution in [0.15, 0.2) is 18.2 Å². The van der Waals surface area contributed by atoms with Gasteiger partial charge in [0.25, 0.3) is 0 Å². The fourth-order valence-electron chi connectivity index (χ4n) is 1.52. The summed E-state index contributed by atoms with van der Waals surface area (Å²) in [5, 5.41) is 13.4. The summed E-state index contributed by atoms with van der Waals surface area (Å²) in [6, 6.07) is 5.33. The van der Waals surface area contributed by atoms with Crippen LogP contribution in [0.3, 0.4) is 0 Å². The first kappa shape index (κ1) is 16.8. The van der Waals surface area contributed by atoms with Gasteiger partial charge in [-0.15, -0.1) is 0 Å². The van der Waals surface area contributed by atoms with Gasteiger partial charge in [-0.25, -0.2) is 0 Å². The number of carbonyl (C=O) groups is 1. The van der Waals surface area contributed by atoms with E-state index in [-0.39, 0.29) is 19.0 Å². The minimum absolute atomic E-state index is 0.173. The van der Waals surface area contributed by atoms with Crippen LogP contribution in [0.5, 0.6) is 5.75 Å². The Kier molecular flexibility index (Phi) is 7.36. The number of rotatable bonds is 8. The van der Waals surface area contributed by atoms with E-state index in [0.717, 1.165) is 5.56 Å². The smallest absolute Gasteiger partial charge is 0.306 e. The van der Waals surface area contributed by atoms with Gasteiger partial charge in [0.05, 0.1) is 13.5 Å². The summed E-state index contributed by atoms with van der Waals surface area (Å²) >= 11 is 5.91. The molecule has 0 aliphatic rings. The van der Waals surface area contributed by atoms with Crippen LogP contribution in [0.2, 0.25) is 5.02 Å². The van der Waals surface area contributed by atoms with Gasteiger partial charge in [-0.05, 0) is 30.7 Å². The third-order valence-electron chi connectivity index (χ3n) is 2.69. The van der Waals surface area contributed by atoms with Crippen molar-refractivity contribution < 1.29 is 19.4 Å². The molecule has 0 bridgehead atoms. The standard InChI is InChI=1S/C14H20ClNO4/c1-10-7-12(3-4-13(10)15)20-9-11(17)8-16-6-5-14(18)19-2/h3-4,7,11,16-17H,5-6,8-9H2,1-2H3. The SMILES string of the molecule is COC(=O)CCNCC(O)COc1ccc(Cl)c(C)c1. The van der Waals surface area contributed by atoms with E-state index in [0.29, 0.717) is 23.9 Å². The molecule has 0 aromatic heterocycles. The Morgan fingerprint density at radius 1 is 1.50 bits per heavy atom. The third kappa shape index (κ3) is 6.23. The van der Waals surface area contributed by atoms with Crippen LogP contribution in [0.1, 0.15) is 12.0 Å². The predicted molar refractivity (Wildman–Crippen MR) is 77.2 cm³/mol. The Hall–Kier alpha value is -1.30. The topological polar surface area (TPSA) is 67.8 Å². The number of hydrogen-bond acceptors (Lipinski definition) is 5. The zero-order chi connectivity index (χ0) is 15.0. The maximum Gasteiger partial charge on any atom is 0.306 e. The lowest BCUT2D eigenvalue weighted by atomic mass is 10.2. The molecule has 0 radical (unpaired) electrons. The van der Waals surface area contributed by atoms with Crippen LogP contribution in [-0.4, -0.2) is 44.0 Å². The largest absolute Gasteiger partial charge is 0.491 e. The molecular formula is C14H20ClNO4. The van der Waals surface area contributed by atoms with E-state index >= 15 is 0 Å². The summed E-state index contributed by atoms with van der Waals surface area (Å²) in [7, 11) is 1.35. The van der Waals surface area contributed by atoms with Crippen molar-refractivity contribution in [2.24, 2.45) is 0 Å². The second-order valence-electron chi connectivity index (χ2n) is 4.41. The van der Waals surface area contributed by atoms with Crippen LogP contribution < -0.4 is 10.1 Å². The van der Waals surface area contributed by atoms with E-state index in [2.05, 4.69) is 10.1 Å². The fourth-order valence-corrected chi connectivity index (χ4v) is 1.64. The first-order chi connectivity index (χ1) is 9.52. The summed E-state index contributed by atoms with van der Waals surface area (Å²) in [6.07, 6.45) is -0.371. The first-order valence-corrected chi connectivity index (χ1v) is 6.75. The minimum atomic E-state index is -0.649. The van der Waals surface area contributed by atoms with Crippen LogP contribution in [0, 0.1) is 6.92 Å². The molecule has 1 aromatic rings. The molecule has 0 spiro atoms. The summed E-state index contributed by atoms with van der Waals surface area (Å²) < 4.78 is 9.97. The Morgan fingerprint density at radius 2 is 2.25 bits per heavy atom. The van der Waals surface area contributed by atoms with E-state index in [4.69, 9.17) is 16.3 Å². The summed E-state index contributed by atoms with van der Waals surface area (Å²) in [5.41, 5.74) is 0.926. The van der Waals surface area contributed by atoms with Crippen molar-refractivity contribution in [3.8, 4) is 5.75 Å². The second kappa shape index (κ2) is 8.79. The van der Waals surface area contributed by atoms with Gasteiger partial charge in [0.15, 0.2) is 0 Å². The zero-order valence-corrected chi connectivity index (χ0v) is 12.4. The number of nitrogens with one attached hydrogen (secondary N) is 1. The molecule has 0 amide bonds. The van der Waals surface area contributed by atoms with Crippen molar-refractivity contribution in [2.45, 2.75) is 19.4 Å². The Labute approximate surface area is 123 Å². The highest BCUT2D eigenvalue weighted by Gasteiger charge is 2.06. The average molecular weight is 302 g/mol. The van der Waals surface area contributed by atoms with Crippen molar-refractivity contribution in [3.05, 3.63) is 28.8 Å². The van der Waals surface area contributed by atoms with E-state index in [1.165, 1.54) is 7.11 Å². The third-order valence-corrected chi connectivity index (χ3v) is 3.11. The molecule has 1 unspecified atom stereocenters. The van der Waals surface area contributed by atoms with E-state index in [9.17, 15) is 9.90 Å². The molecule has 0 saturated carbocycles. The zero-order valence-electron chi connectivity index (χ0n) is 11.7. The molecule has 2 N–H and O–H groups in total. The van der Waals surface area contributed by atoms with Crippen molar-refractivity contribution >= 4 is 17.6 Å². The summed E-state index contributed by atoms with van der Waals surface area (Å²) in [6.45, 7) is 2.87. The lowest BCUT2D eigenvalue weighted by Crippen LogP contribution is -2.32. The van der Waals surface area contributed by atoms with Crippen molar-refractivity contribution in [1.29, 1.82) is 0 Å². The number of aliphatic hydroxyl groups excluding tert-OH is 1. The van der Waals surface area contributed by atoms with Gasteiger partial charge < -0.3 is 19.9 Å². The number of esters is 1. The monoisotopic (exact) mass is 301 g/mol. The molecule has 0 aliphatic carbocycles. The Morgan fingerprint density at radius 3 is 2.90 bits per heavy atom. The van der Waals surface area contributed by atoms with Gasteiger partial charge >= 0.3 is 5.97 Å². The molecule has 1 atom stereocenters. The van der Waals surface area contributed by atoms with Crippen molar-refractivity contribution in [2.75, 3.05) is 26.8 Å². The number of aryl methyl sites for hydroxylation is 1. The van der Waals surface area contributed by atoms with Gasteiger partial charge in [0, 0.05) is 18.1 Å². The van der Waals surface area contributed by atoms with Crippen molar-refractivity contribution in [1.82, 2.24) is 5.32 Å².